The Kier molecular flexibility index (Phi) is 5.40. The van der Waals surface area contributed by atoms with E-state index in [1.165, 1.54) is 5.56 Å². The molecule has 0 aliphatic rings. The third-order valence-electron chi connectivity index (χ3n) is 3.68. The van der Waals surface area contributed by atoms with Crippen molar-refractivity contribution in [2.24, 2.45) is 0 Å². The molecule has 0 saturated carbocycles. The van der Waals surface area contributed by atoms with Crippen molar-refractivity contribution in [2.75, 3.05) is 12.5 Å². The van der Waals surface area contributed by atoms with Crippen LogP contribution < -0.4 is 14.9 Å². The molecule has 6 nitrogen and oxygen atoms in total. The number of methoxy groups -OCH3 is 1. The molecule has 3 rings (SSSR count). The van der Waals surface area contributed by atoms with Gasteiger partial charge in [-0.05, 0) is 24.1 Å². The lowest BCUT2D eigenvalue weighted by Crippen LogP contribution is -2.12. The lowest BCUT2D eigenvalue weighted by atomic mass is 10.1. The van der Waals surface area contributed by atoms with Gasteiger partial charge in [0.25, 0.3) is 0 Å². The van der Waals surface area contributed by atoms with Crippen LogP contribution in [0.25, 0.3) is 0 Å². The molecule has 0 fully saturated rings. The molecule has 3 aromatic rings. The van der Waals surface area contributed by atoms with Gasteiger partial charge in [0.15, 0.2) is 11.5 Å². The second-order valence-electron chi connectivity index (χ2n) is 5.58. The summed E-state index contributed by atoms with van der Waals surface area (Å²) in [6.45, 7) is 3.01. The lowest BCUT2D eigenvalue weighted by Gasteiger charge is -2.15. The quantitative estimate of drug-likeness (QED) is 0.699. The minimum Gasteiger partial charge on any atom is -0.493 e. The van der Waals surface area contributed by atoms with Crippen LogP contribution in [0, 0.1) is 6.92 Å². The maximum absolute atomic E-state index is 6.39. The van der Waals surface area contributed by atoms with Crippen LogP contribution in [0.5, 0.6) is 11.5 Å². The highest BCUT2D eigenvalue weighted by Crippen LogP contribution is 2.34. The van der Waals surface area contributed by atoms with Crippen molar-refractivity contribution < 1.29 is 9.47 Å². The summed E-state index contributed by atoms with van der Waals surface area (Å²) in [6, 6.07) is 11.8. The van der Waals surface area contributed by atoms with Gasteiger partial charge >= 0.3 is 0 Å². The Labute approximate surface area is 151 Å². The molecule has 130 valence electrons. The fraction of sp³-hybridized carbons (Fsp3) is 0.222. The summed E-state index contributed by atoms with van der Waals surface area (Å²) < 4.78 is 13.0. The van der Waals surface area contributed by atoms with Gasteiger partial charge in [-0.1, -0.05) is 41.4 Å². The monoisotopic (exact) mass is 358 g/mol. The van der Waals surface area contributed by atoms with E-state index in [1.54, 1.807) is 30.5 Å². The van der Waals surface area contributed by atoms with Crippen molar-refractivity contribution in [3.63, 3.8) is 0 Å². The summed E-state index contributed by atoms with van der Waals surface area (Å²) in [5, 5.41) is 8.07. The predicted octanol–water partition coefficient (Wildman–Crippen LogP) is 3.57. The second-order valence-corrected chi connectivity index (χ2v) is 5.98. The summed E-state index contributed by atoms with van der Waals surface area (Å²) in [5.41, 5.74) is 6.30. The smallest absolute Gasteiger partial charge is 0.163 e. The van der Waals surface area contributed by atoms with E-state index < -0.39 is 0 Å². The van der Waals surface area contributed by atoms with E-state index in [2.05, 4.69) is 34.7 Å². The van der Waals surface area contributed by atoms with Crippen molar-refractivity contribution in [1.29, 1.82) is 0 Å². The Morgan fingerprint density at radius 2 is 1.92 bits per heavy atom. The van der Waals surface area contributed by atoms with Crippen LogP contribution in [0.1, 0.15) is 16.7 Å². The molecule has 0 radical (unpaired) electrons. The molecule has 1 heterocycles. The minimum absolute atomic E-state index is 0.451. The van der Waals surface area contributed by atoms with Crippen LogP contribution in [0.3, 0.4) is 0 Å². The highest BCUT2D eigenvalue weighted by molar-refractivity contribution is 6.31. The molecule has 0 aliphatic carbocycles. The van der Waals surface area contributed by atoms with Crippen LogP contribution in [-0.2, 0) is 13.2 Å². The van der Waals surface area contributed by atoms with Gasteiger partial charge in [-0.15, -0.1) is 10.2 Å². The van der Waals surface area contributed by atoms with Crippen LogP contribution in [-0.4, -0.2) is 22.0 Å². The molecule has 1 N–H and O–H groups in total. The van der Waals surface area contributed by atoms with E-state index in [-0.39, 0.29) is 0 Å². The predicted molar refractivity (Wildman–Crippen MR) is 96.6 cm³/mol. The molecule has 0 unspecified atom stereocenters. The molecule has 0 spiro atoms. The first-order chi connectivity index (χ1) is 12.2. The van der Waals surface area contributed by atoms with Gasteiger partial charge < -0.3 is 14.9 Å². The fourth-order valence-corrected chi connectivity index (χ4v) is 2.63. The maximum Gasteiger partial charge on any atom is 0.163 e. The first-order valence-corrected chi connectivity index (χ1v) is 8.17. The van der Waals surface area contributed by atoms with Crippen molar-refractivity contribution in [2.45, 2.75) is 20.1 Å². The van der Waals surface area contributed by atoms with Gasteiger partial charge in [0.1, 0.15) is 19.3 Å². The largest absolute Gasteiger partial charge is 0.493 e. The van der Waals surface area contributed by atoms with Gasteiger partial charge in [0.05, 0.1) is 13.7 Å². The number of aryl methyl sites for hydroxylation is 1. The summed E-state index contributed by atoms with van der Waals surface area (Å²) in [5.74, 6) is 1.25. The standard InChI is InChI=1S/C18H19ClN4O2/c1-13-4-3-5-14(6-13)10-25-18-8-16(19)15(7-17(18)24-2)9-22-23-11-20-21-12-23/h3-8,11-12,22H,9-10H2,1-2H3. The molecular weight excluding hydrogens is 340 g/mol. The third kappa shape index (κ3) is 4.42. The topological polar surface area (TPSA) is 61.2 Å². The van der Waals surface area contributed by atoms with Crippen LogP contribution >= 0.6 is 11.6 Å². The zero-order valence-electron chi connectivity index (χ0n) is 14.1. The van der Waals surface area contributed by atoms with Crippen molar-refractivity contribution >= 4 is 11.6 Å². The molecule has 25 heavy (non-hydrogen) atoms. The summed E-state index contributed by atoms with van der Waals surface area (Å²) in [4.78, 5) is 0. The molecule has 0 aliphatic heterocycles. The third-order valence-corrected chi connectivity index (χ3v) is 4.03. The Morgan fingerprint density at radius 1 is 1.12 bits per heavy atom. The van der Waals surface area contributed by atoms with Gasteiger partial charge in [-0.2, -0.15) is 0 Å². The van der Waals surface area contributed by atoms with Gasteiger partial charge in [0.2, 0.25) is 0 Å². The van der Waals surface area contributed by atoms with E-state index in [9.17, 15) is 0 Å². The molecule has 7 heteroatoms. The number of rotatable bonds is 7. The fourth-order valence-electron chi connectivity index (χ4n) is 2.41. The summed E-state index contributed by atoms with van der Waals surface area (Å²) in [6.07, 6.45) is 3.15. The van der Waals surface area contributed by atoms with Crippen molar-refractivity contribution in [3.8, 4) is 11.5 Å². The van der Waals surface area contributed by atoms with E-state index in [4.69, 9.17) is 21.1 Å². The Hall–Kier alpha value is -2.73. The molecule has 0 atom stereocenters. The molecular formula is C18H19ClN4O2. The summed E-state index contributed by atoms with van der Waals surface area (Å²) in [7, 11) is 1.61. The number of nitrogens with zero attached hydrogens (tertiary/aromatic N) is 3. The molecule has 2 aromatic carbocycles. The van der Waals surface area contributed by atoms with E-state index >= 15 is 0 Å². The molecule has 0 bridgehead atoms. The average molecular weight is 359 g/mol. The van der Waals surface area contributed by atoms with Crippen LogP contribution in [0.4, 0.5) is 0 Å². The zero-order chi connectivity index (χ0) is 17.6. The number of halogens is 1. The average Bonchev–Trinajstić information content (AvgIpc) is 3.12. The van der Waals surface area contributed by atoms with Gasteiger partial charge in [0, 0.05) is 11.1 Å². The van der Waals surface area contributed by atoms with Crippen molar-refractivity contribution in [1.82, 2.24) is 14.9 Å². The number of ether oxygens (including phenoxy) is 2. The first-order valence-electron chi connectivity index (χ1n) is 7.79. The lowest BCUT2D eigenvalue weighted by molar-refractivity contribution is 0.284. The first kappa shape index (κ1) is 17.1. The van der Waals surface area contributed by atoms with Crippen LogP contribution in [0.2, 0.25) is 5.02 Å². The van der Waals surface area contributed by atoms with Gasteiger partial charge in [-0.3, -0.25) is 0 Å². The highest BCUT2D eigenvalue weighted by Gasteiger charge is 2.11. The second kappa shape index (κ2) is 7.90. The molecule has 1 aromatic heterocycles. The SMILES string of the molecule is COc1cc(CNn2cnnc2)c(Cl)cc1OCc1cccc(C)c1. The number of nitrogens with one attached hydrogen (secondary N) is 1. The zero-order valence-corrected chi connectivity index (χ0v) is 14.8. The Bertz CT molecular complexity index is 837. The van der Waals surface area contributed by atoms with E-state index in [1.807, 2.05) is 18.2 Å². The summed E-state index contributed by atoms with van der Waals surface area (Å²) >= 11 is 6.39. The van der Waals surface area contributed by atoms with Gasteiger partial charge in [-0.25, -0.2) is 4.68 Å². The van der Waals surface area contributed by atoms with Crippen molar-refractivity contribution in [3.05, 3.63) is 70.8 Å². The minimum atomic E-state index is 0.451. The molecule has 0 saturated heterocycles. The van der Waals surface area contributed by atoms with E-state index in [0.29, 0.717) is 29.7 Å². The normalized spacial score (nSPS) is 10.5. The number of hydrogen-bond acceptors (Lipinski definition) is 5. The molecule has 0 amide bonds. The van der Waals surface area contributed by atoms with E-state index in [0.717, 1.165) is 11.1 Å². The Morgan fingerprint density at radius 3 is 2.64 bits per heavy atom. The maximum atomic E-state index is 6.39. The number of hydrogen-bond donors (Lipinski definition) is 1. The number of benzene rings is 2. The number of aromatic nitrogens is 3. The Balaban J connectivity index is 1.72. The van der Waals surface area contributed by atoms with Crippen LogP contribution in [0.15, 0.2) is 49.1 Å². The highest BCUT2D eigenvalue weighted by atomic mass is 35.5.